The molecule has 0 radical (unpaired) electrons. The lowest BCUT2D eigenvalue weighted by atomic mass is 10.1. The molecule has 0 bridgehead atoms. The number of hydrogen-bond donors (Lipinski definition) is 3. The van der Waals surface area contributed by atoms with Crippen LogP contribution >= 0.6 is 0 Å². The first-order valence-electron chi connectivity index (χ1n) is 8.21. The van der Waals surface area contributed by atoms with E-state index in [2.05, 4.69) is 19.9 Å². The first-order chi connectivity index (χ1) is 12.6. The Labute approximate surface area is 154 Å². The summed E-state index contributed by atoms with van der Waals surface area (Å²) in [7, 11) is -3.77. The maximum absolute atomic E-state index is 12.8. The standard InChI is InChI=1S/C15H19F3N6O2S/c16-15(17,18)11-3-1-2-10(8-11)9-27(25,26)23-12-4-6-24(7-5-12)14-20-13(19)21-22-14/h1-3,8,12,23H,4-7,9H2,(H3,19,20,21,22). The Hall–Kier alpha value is -2.34. The second kappa shape index (κ2) is 7.35. The number of aromatic nitrogens is 3. The van der Waals surface area contributed by atoms with E-state index in [1.54, 1.807) is 0 Å². The minimum absolute atomic E-state index is 0.0889. The number of nitrogens with one attached hydrogen (secondary N) is 2. The molecular formula is C15H19F3N6O2S. The Balaban J connectivity index is 1.58. The minimum Gasteiger partial charge on any atom is -0.368 e. The number of sulfonamides is 1. The second-order valence-electron chi connectivity index (χ2n) is 6.36. The number of nitrogens with zero attached hydrogens (tertiary/aromatic N) is 3. The molecule has 1 aromatic heterocycles. The van der Waals surface area contributed by atoms with Gasteiger partial charge < -0.3 is 10.6 Å². The molecule has 0 aliphatic carbocycles. The monoisotopic (exact) mass is 404 g/mol. The van der Waals surface area contributed by atoms with Gasteiger partial charge in [0.2, 0.25) is 21.9 Å². The average molecular weight is 404 g/mol. The predicted molar refractivity (Wildman–Crippen MR) is 93.2 cm³/mol. The molecule has 2 heterocycles. The number of benzene rings is 1. The Bertz CT molecular complexity index is 891. The number of piperidine rings is 1. The van der Waals surface area contributed by atoms with Crippen LogP contribution in [0.5, 0.6) is 0 Å². The van der Waals surface area contributed by atoms with E-state index in [0.29, 0.717) is 31.9 Å². The molecule has 0 saturated carbocycles. The fourth-order valence-electron chi connectivity index (χ4n) is 2.96. The van der Waals surface area contributed by atoms with Crippen LogP contribution in [0.4, 0.5) is 25.1 Å². The lowest BCUT2D eigenvalue weighted by Gasteiger charge is -2.31. The maximum Gasteiger partial charge on any atom is 0.416 e. The molecule has 1 aliphatic heterocycles. The van der Waals surface area contributed by atoms with E-state index in [1.165, 1.54) is 12.1 Å². The highest BCUT2D eigenvalue weighted by atomic mass is 32.2. The first-order valence-corrected chi connectivity index (χ1v) is 9.86. The SMILES string of the molecule is Nc1nc(N2CCC(NS(=O)(=O)Cc3cccc(C(F)(F)F)c3)CC2)n[nH]1. The Morgan fingerprint density at radius 3 is 2.59 bits per heavy atom. The van der Waals surface area contributed by atoms with Gasteiger partial charge >= 0.3 is 6.18 Å². The summed E-state index contributed by atoms with van der Waals surface area (Å²) in [5.41, 5.74) is 4.71. The van der Waals surface area contributed by atoms with Crippen molar-refractivity contribution >= 4 is 21.9 Å². The molecule has 8 nitrogen and oxygen atoms in total. The summed E-state index contributed by atoms with van der Waals surface area (Å²) in [5.74, 6) is 0.154. The predicted octanol–water partition coefficient (Wildman–Crippen LogP) is 1.49. The molecule has 0 unspecified atom stereocenters. The molecule has 27 heavy (non-hydrogen) atoms. The van der Waals surface area contributed by atoms with Crippen LogP contribution in [0.15, 0.2) is 24.3 Å². The number of H-pyrrole nitrogens is 1. The van der Waals surface area contributed by atoms with Gasteiger partial charge in [-0.3, -0.25) is 0 Å². The van der Waals surface area contributed by atoms with E-state index in [9.17, 15) is 21.6 Å². The van der Waals surface area contributed by atoms with Crippen LogP contribution in [0.2, 0.25) is 0 Å². The minimum atomic E-state index is -4.51. The molecule has 148 valence electrons. The van der Waals surface area contributed by atoms with Crippen molar-refractivity contribution < 1.29 is 21.6 Å². The second-order valence-corrected chi connectivity index (χ2v) is 8.11. The summed E-state index contributed by atoms with van der Waals surface area (Å²) in [6.07, 6.45) is -3.46. The molecule has 0 amide bonds. The Kier molecular flexibility index (Phi) is 5.29. The third-order valence-corrected chi connectivity index (χ3v) is 5.63. The fourth-order valence-corrected chi connectivity index (χ4v) is 4.40. The van der Waals surface area contributed by atoms with Gasteiger partial charge in [-0.15, -0.1) is 5.10 Å². The van der Waals surface area contributed by atoms with E-state index in [4.69, 9.17) is 5.73 Å². The highest BCUT2D eigenvalue weighted by molar-refractivity contribution is 7.88. The van der Waals surface area contributed by atoms with Crippen LogP contribution in [-0.4, -0.2) is 42.7 Å². The number of alkyl halides is 3. The highest BCUT2D eigenvalue weighted by Gasteiger charge is 2.31. The number of anilines is 2. The highest BCUT2D eigenvalue weighted by Crippen LogP contribution is 2.30. The number of nitrogen functional groups attached to an aromatic ring is 1. The molecule has 1 saturated heterocycles. The van der Waals surface area contributed by atoms with Gasteiger partial charge in [-0.05, 0) is 24.5 Å². The van der Waals surface area contributed by atoms with Crippen LogP contribution in [0.3, 0.4) is 0 Å². The molecule has 0 spiro atoms. The van der Waals surface area contributed by atoms with Crippen molar-refractivity contribution in [3.8, 4) is 0 Å². The van der Waals surface area contributed by atoms with Crippen molar-refractivity contribution in [3.05, 3.63) is 35.4 Å². The summed E-state index contributed by atoms with van der Waals surface area (Å²) in [5, 5.41) is 6.50. The van der Waals surface area contributed by atoms with Crippen molar-refractivity contribution in [1.82, 2.24) is 19.9 Å². The number of hydrogen-bond acceptors (Lipinski definition) is 6. The smallest absolute Gasteiger partial charge is 0.368 e. The lowest BCUT2D eigenvalue weighted by Crippen LogP contribution is -2.45. The fraction of sp³-hybridized carbons (Fsp3) is 0.467. The molecule has 4 N–H and O–H groups in total. The van der Waals surface area contributed by atoms with Crippen LogP contribution in [0.1, 0.15) is 24.0 Å². The Morgan fingerprint density at radius 1 is 1.30 bits per heavy atom. The van der Waals surface area contributed by atoms with E-state index in [-0.39, 0.29) is 17.6 Å². The van der Waals surface area contributed by atoms with Crippen molar-refractivity contribution in [2.75, 3.05) is 23.7 Å². The average Bonchev–Trinajstić information content (AvgIpc) is 3.00. The zero-order valence-corrected chi connectivity index (χ0v) is 15.0. The third kappa shape index (κ3) is 5.10. The maximum atomic E-state index is 12.8. The van der Waals surface area contributed by atoms with E-state index in [1.807, 2.05) is 4.90 Å². The van der Waals surface area contributed by atoms with Crippen LogP contribution < -0.4 is 15.4 Å². The summed E-state index contributed by atoms with van der Waals surface area (Å²) < 4.78 is 65.5. The molecule has 2 aromatic rings. The molecular weight excluding hydrogens is 385 g/mol. The summed E-state index contributed by atoms with van der Waals surface area (Å²) in [6, 6.07) is 4.04. The number of rotatable bonds is 5. The summed E-state index contributed by atoms with van der Waals surface area (Å²) in [6.45, 7) is 1.07. The molecule has 1 fully saturated rings. The topological polar surface area (TPSA) is 117 Å². The number of nitrogens with two attached hydrogens (primary N) is 1. The van der Waals surface area contributed by atoms with E-state index < -0.39 is 27.5 Å². The lowest BCUT2D eigenvalue weighted by molar-refractivity contribution is -0.137. The van der Waals surface area contributed by atoms with Crippen molar-refractivity contribution in [2.24, 2.45) is 0 Å². The zero-order valence-electron chi connectivity index (χ0n) is 14.2. The molecule has 1 aliphatic rings. The normalized spacial score (nSPS) is 16.6. The van der Waals surface area contributed by atoms with Gasteiger partial charge in [-0.25, -0.2) is 18.2 Å². The van der Waals surface area contributed by atoms with Gasteiger partial charge in [0.15, 0.2) is 0 Å². The van der Waals surface area contributed by atoms with Crippen LogP contribution in [0.25, 0.3) is 0 Å². The number of halogens is 3. The van der Waals surface area contributed by atoms with Gasteiger partial charge in [-0.2, -0.15) is 18.2 Å². The molecule has 0 atom stereocenters. The van der Waals surface area contributed by atoms with Crippen LogP contribution in [0, 0.1) is 0 Å². The van der Waals surface area contributed by atoms with Crippen molar-refractivity contribution in [2.45, 2.75) is 30.8 Å². The first kappa shape index (κ1) is 19.4. The third-order valence-electron chi connectivity index (χ3n) is 4.23. The molecule has 3 rings (SSSR count). The van der Waals surface area contributed by atoms with Gasteiger partial charge in [0.1, 0.15) is 0 Å². The summed E-state index contributed by atoms with van der Waals surface area (Å²) >= 11 is 0. The van der Waals surface area contributed by atoms with Gasteiger partial charge in [0, 0.05) is 19.1 Å². The summed E-state index contributed by atoms with van der Waals surface area (Å²) in [4.78, 5) is 5.90. The molecule has 1 aromatic carbocycles. The van der Waals surface area contributed by atoms with Gasteiger partial charge in [0.05, 0.1) is 11.3 Å². The number of aromatic amines is 1. The van der Waals surface area contributed by atoms with Crippen molar-refractivity contribution in [1.29, 1.82) is 0 Å². The molecule has 12 heteroatoms. The quantitative estimate of drug-likeness (QED) is 0.695. The largest absolute Gasteiger partial charge is 0.416 e. The van der Waals surface area contributed by atoms with Gasteiger partial charge in [-0.1, -0.05) is 18.2 Å². The van der Waals surface area contributed by atoms with Gasteiger partial charge in [0.25, 0.3) is 0 Å². The van der Waals surface area contributed by atoms with E-state index in [0.717, 1.165) is 12.1 Å². The zero-order chi connectivity index (χ0) is 19.7. The van der Waals surface area contributed by atoms with E-state index >= 15 is 0 Å². The van der Waals surface area contributed by atoms with Crippen molar-refractivity contribution in [3.63, 3.8) is 0 Å². The Morgan fingerprint density at radius 2 is 2.00 bits per heavy atom. The van der Waals surface area contributed by atoms with Crippen LogP contribution in [-0.2, 0) is 22.0 Å².